The van der Waals surface area contributed by atoms with Gasteiger partial charge in [-0.2, -0.15) is 10.4 Å². The molecule has 0 aliphatic carbocycles. The minimum absolute atomic E-state index is 0.0315. The highest BCUT2D eigenvalue weighted by Crippen LogP contribution is 2.31. The molecule has 11 nitrogen and oxygen atoms in total. The molecule has 0 unspecified atom stereocenters. The number of carbonyl (C=O) groups excluding carboxylic acids is 1. The summed E-state index contributed by atoms with van der Waals surface area (Å²) >= 11 is 0. The number of furan rings is 1. The number of aromatic nitrogens is 1. The first kappa shape index (κ1) is 24.1. The number of methoxy groups -OCH3 is 1. The Morgan fingerprint density at radius 1 is 1.32 bits per heavy atom. The second kappa shape index (κ2) is 10.8. The summed E-state index contributed by atoms with van der Waals surface area (Å²) in [6.07, 6.45) is 1.25. The average molecular weight is 463 g/mol. The van der Waals surface area contributed by atoms with Gasteiger partial charge in [-0.05, 0) is 43.7 Å². The van der Waals surface area contributed by atoms with Gasteiger partial charge in [-0.15, -0.1) is 0 Å². The Kier molecular flexibility index (Phi) is 7.68. The van der Waals surface area contributed by atoms with E-state index >= 15 is 0 Å². The molecule has 3 aromatic rings. The lowest BCUT2D eigenvalue weighted by atomic mass is 10.1. The van der Waals surface area contributed by atoms with E-state index < -0.39 is 17.4 Å². The number of hydrazone groups is 1. The van der Waals surface area contributed by atoms with Crippen LogP contribution in [0.15, 0.2) is 45.9 Å². The van der Waals surface area contributed by atoms with Gasteiger partial charge in [-0.3, -0.25) is 14.9 Å². The number of nitro groups is 1. The molecule has 0 fully saturated rings. The Hall–Kier alpha value is -4.56. The molecule has 3 rings (SSSR count). The average Bonchev–Trinajstić information content (AvgIpc) is 3.26. The molecular formula is C23H21N5O6. The van der Waals surface area contributed by atoms with E-state index in [1.165, 1.54) is 19.4 Å². The number of carbonyl (C=O) groups is 1. The number of nitro benzene ring substituents is 1. The molecule has 1 amide bonds. The minimum Gasteiger partial charge on any atom is -0.467 e. The van der Waals surface area contributed by atoms with Gasteiger partial charge in [-0.1, -0.05) is 6.07 Å². The van der Waals surface area contributed by atoms with Crippen LogP contribution in [0.5, 0.6) is 5.88 Å². The molecule has 0 saturated carbocycles. The first-order valence-corrected chi connectivity index (χ1v) is 10.0. The van der Waals surface area contributed by atoms with E-state index in [1.54, 1.807) is 44.2 Å². The molecule has 2 aromatic heterocycles. The smallest absolute Gasteiger partial charge is 0.280 e. The molecule has 0 spiro atoms. The Bertz CT molecular complexity index is 1290. The Labute approximate surface area is 194 Å². The van der Waals surface area contributed by atoms with Gasteiger partial charge in [0.2, 0.25) is 5.88 Å². The van der Waals surface area contributed by atoms with Gasteiger partial charge in [0, 0.05) is 24.4 Å². The van der Waals surface area contributed by atoms with Gasteiger partial charge in [0.15, 0.2) is 6.61 Å². The third-order valence-electron chi connectivity index (χ3n) is 4.57. The zero-order valence-corrected chi connectivity index (χ0v) is 18.7. The van der Waals surface area contributed by atoms with Crippen LogP contribution < -0.4 is 10.2 Å². The summed E-state index contributed by atoms with van der Waals surface area (Å²) in [6, 6.07) is 11.7. The van der Waals surface area contributed by atoms with Crippen LogP contribution in [0.3, 0.4) is 0 Å². The van der Waals surface area contributed by atoms with Crippen molar-refractivity contribution in [1.29, 1.82) is 5.26 Å². The number of hydrogen-bond donors (Lipinski definition) is 1. The number of amides is 1. The summed E-state index contributed by atoms with van der Waals surface area (Å²) in [7, 11) is 1.51. The van der Waals surface area contributed by atoms with Gasteiger partial charge in [0.05, 0.1) is 23.3 Å². The monoisotopic (exact) mass is 463 g/mol. The highest BCUT2D eigenvalue weighted by Gasteiger charge is 2.18. The van der Waals surface area contributed by atoms with Gasteiger partial charge < -0.3 is 13.9 Å². The zero-order valence-electron chi connectivity index (χ0n) is 18.7. The second-order valence-electron chi connectivity index (χ2n) is 7.21. The third-order valence-corrected chi connectivity index (χ3v) is 4.57. The van der Waals surface area contributed by atoms with Crippen LogP contribution in [0.2, 0.25) is 0 Å². The summed E-state index contributed by atoms with van der Waals surface area (Å²) in [5.74, 6) is 0.0216. The fourth-order valence-electron chi connectivity index (χ4n) is 3.11. The van der Waals surface area contributed by atoms with Crippen LogP contribution in [0.4, 0.5) is 5.69 Å². The van der Waals surface area contributed by atoms with Crippen molar-refractivity contribution in [3.8, 4) is 23.3 Å². The largest absolute Gasteiger partial charge is 0.467 e. The molecule has 11 heteroatoms. The molecule has 34 heavy (non-hydrogen) atoms. The van der Waals surface area contributed by atoms with E-state index in [-0.39, 0.29) is 29.5 Å². The minimum atomic E-state index is -0.585. The van der Waals surface area contributed by atoms with Crippen LogP contribution >= 0.6 is 0 Å². The standard InChI is InChI=1S/C23H21N5O6/c1-14-4-6-18(20(8-14)28(30)31)21-7-5-17(34-21)11-25-27-22(29)13-33-23-19(10-24)16(12-32-3)9-15(2)26-23/h4-9,11H,12-13H2,1-3H3,(H,27,29)/b25-11-. The molecule has 0 aliphatic rings. The molecule has 0 bridgehead atoms. The molecule has 0 atom stereocenters. The van der Waals surface area contributed by atoms with Crippen molar-refractivity contribution in [3.05, 3.63) is 74.7 Å². The van der Waals surface area contributed by atoms with Crippen molar-refractivity contribution in [1.82, 2.24) is 10.4 Å². The number of ether oxygens (including phenoxy) is 2. The molecule has 1 N–H and O–H groups in total. The number of rotatable bonds is 9. The molecule has 2 heterocycles. The number of nitrogens with zero attached hydrogens (tertiary/aromatic N) is 4. The highest BCUT2D eigenvalue weighted by molar-refractivity contribution is 5.82. The molecule has 174 valence electrons. The normalized spacial score (nSPS) is 10.8. The maximum absolute atomic E-state index is 12.1. The molecular weight excluding hydrogens is 442 g/mol. The van der Waals surface area contributed by atoms with Crippen LogP contribution in [-0.4, -0.2) is 35.7 Å². The lowest BCUT2D eigenvalue weighted by Gasteiger charge is -2.10. The van der Waals surface area contributed by atoms with Gasteiger partial charge in [-0.25, -0.2) is 10.4 Å². The lowest BCUT2D eigenvalue weighted by molar-refractivity contribution is -0.384. The number of benzene rings is 1. The molecule has 1 aromatic carbocycles. The van der Waals surface area contributed by atoms with Crippen LogP contribution in [0.1, 0.15) is 28.1 Å². The quantitative estimate of drug-likeness (QED) is 0.288. The van der Waals surface area contributed by atoms with Crippen LogP contribution in [0, 0.1) is 35.3 Å². The number of hydrogen-bond acceptors (Lipinski definition) is 9. The van der Waals surface area contributed by atoms with E-state index in [1.807, 2.05) is 6.07 Å². The number of aryl methyl sites for hydroxylation is 2. The predicted octanol–water partition coefficient (Wildman–Crippen LogP) is 3.41. The summed E-state index contributed by atoms with van der Waals surface area (Å²) in [5.41, 5.74) is 4.71. The Balaban J connectivity index is 1.63. The fourth-order valence-corrected chi connectivity index (χ4v) is 3.11. The first-order valence-electron chi connectivity index (χ1n) is 10.0. The molecule has 0 saturated heterocycles. The predicted molar refractivity (Wildman–Crippen MR) is 121 cm³/mol. The van der Waals surface area contributed by atoms with Gasteiger partial charge in [0.1, 0.15) is 23.2 Å². The van der Waals surface area contributed by atoms with Gasteiger partial charge >= 0.3 is 0 Å². The van der Waals surface area contributed by atoms with E-state index in [9.17, 15) is 20.2 Å². The Morgan fingerprint density at radius 2 is 2.12 bits per heavy atom. The van der Waals surface area contributed by atoms with E-state index in [2.05, 4.69) is 15.5 Å². The Morgan fingerprint density at radius 3 is 2.82 bits per heavy atom. The van der Waals surface area contributed by atoms with Crippen molar-refractivity contribution in [2.75, 3.05) is 13.7 Å². The second-order valence-corrected chi connectivity index (χ2v) is 7.21. The third kappa shape index (κ3) is 5.81. The maximum atomic E-state index is 12.1. The van der Waals surface area contributed by atoms with Crippen molar-refractivity contribution in [2.24, 2.45) is 5.10 Å². The maximum Gasteiger partial charge on any atom is 0.280 e. The van der Waals surface area contributed by atoms with E-state index in [4.69, 9.17) is 13.9 Å². The SMILES string of the molecule is COCc1cc(C)nc(OCC(=O)N/N=C\c2ccc(-c3ccc(C)cc3[N+](=O)[O-])o2)c1C#N. The summed E-state index contributed by atoms with van der Waals surface area (Å²) < 4.78 is 16.1. The van der Waals surface area contributed by atoms with Crippen molar-refractivity contribution >= 4 is 17.8 Å². The van der Waals surface area contributed by atoms with Crippen molar-refractivity contribution in [2.45, 2.75) is 20.5 Å². The van der Waals surface area contributed by atoms with E-state index in [0.29, 0.717) is 22.6 Å². The summed E-state index contributed by atoms with van der Waals surface area (Å²) in [6.45, 7) is 3.28. The van der Waals surface area contributed by atoms with E-state index in [0.717, 1.165) is 5.56 Å². The summed E-state index contributed by atoms with van der Waals surface area (Å²) in [4.78, 5) is 27.1. The molecule has 0 radical (unpaired) electrons. The summed E-state index contributed by atoms with van der Waals surface area (Å²) in [5, 5.41) is 24.5. The fraction of sp³-hybridized carbons (Fsp3) is 0.217. The molecule has 0 aliphatic heterocycles. The van der Waals surface area contributed by atoms with Gasteiger partial charge in [0.25, 0.3) is 11.6 Å². The zero-order chi connectivity index (χ0) is 24.7. The van der Waals surface area contributed by atoms with Crippen molar-refractivity contribution < 1.29 is 23.6 Å². The number of nitrogens with one attached hydrogen (secondary N) is 1. The highest BCUT2D eigenvalue weighted by atomic mass is 16.6. The first-order chi connectivity index (χ1) is 16.3. The topological polar surface area (TPSA) is 153 Å². The number of pyridine rings is 1. The van der Waals surface area contributed by atoms with Crippen LogP contribution in [-0.2, 0) is 16.1 Å². The van der Waals surface area contributed by atoms with Crippen molar-refractivity contribution in [3.63, 3.8) is 0 Å². The number of nitriles is 1. The lowest BCUT2D eigenvalue weighted by Crippen LogP contribution is -2.25. The van der Waals surface area contributed by atoms with Crippen LogP contribution in [0.25, 0.3) is 11.3 Å².